The summed E-state index contributed by atoms with van der Waals surface area (Å²) >= 11 is 0. The van der Waals surface area contributed by atoms with Gasteiger partial charge in [-0.3, -0.25) is 0 Å². The standard InChI is InChI=1S/C18H6.3Al.3H2/c1-2-8-14-13(7-1)15-9-3-4-11-17(15)18-12-6-5-10-16(14)18;;;;;;/h1-6H;;;;3*1H. The Balaban J connectivity index is -0.000000735. The number of benzene rings is 1. The molecule has 3 aliphatic rings. The second kappa shape index (κ2) is 7.12. The van der Waals surface area contributed by atoms with Gasteiger partial charge >= 0.3 is 0 Å². The molecule has 0 fully saturated rings. The van der Waals surface area contributed by atoms with Crippen molar-refractivity contribution in [2.45, 2.75) is 0 Å². The number of hydrogen-bond donors (Lipinski definition) is 0. The van der Waals surface area contributed by atoms with Gasteiger partial charge in [-0.05, 0) is 36.5 Å². The SMILES string of the molecule is C1=CC=C=c2c=1c1c(c3c2=C=CC=C=3)=C=CC=C=1.[Al].[Al].[Al].[HH].[HH].[HH]. The summed E-state index contributed by atoms with van der Waals surface area (Å²) in [5.74, 6) is 0. The molecule has 21 heavy (non-hydrogen) atoms. The van der Waals surface area contributed by atoms with Crippen LogP contribution in [-0.4, -0.2) is 52.1 Å². The third kappa shape index (κ3) is 2.74. The third-order valence-electron chi connectivity index (χ3n) is 3.12. The number of fused-ring (bicyclic) bond motifs is 6. The maximum absolute atomic E-state index is 3.27. The first-order valence-corrected chi connectivity index (χ1v) is 5.73. The van der Waals surface area contributed by atoms with E-state index in [0.29, 0.717) is 0 Å². The van der Waals surface area contributed by atoms with Crippen molar-refractivity contribution < 1.29 is 4.28 Å². The molecule has 0 atom stereocenters. The van der Waals surface area contributed by atoms with Crippen molar-refractivity contribution in [1.29, 1.82) is 0 Å². The highest BCUT2D eigenvalue weighted by molar-refractivity contribution is 5.76. The van der Waals surface area contributed by atoms with Crippen molar-refractivity contribution in [1.82, 2.24) is 0 Å². The fourth-order valence-corrected chi connectivity index (χ4v) is 2.37. The van der Waals surface area contributed by atoms with Crippen LogP contribution in [0.5, 0.6) is 0 Å². The lowest BCUT2D eigenvalue weighted by atomic mass is 10.0. The Labute approximate surface area is 158 Å². The van der Waals surface area contributed by atoms with E-state index in [4.69, 9.17) is 0 Å². The average Bonchev–Trinajstić information content (AvgIpc) is 2.48. The van der Waals surface area contributed by atoms with Gasteiger partial charge in [0.1, 0.15) is 0 Å². The molecule has 0 heterocycles. The van der Waals surface area contributed by atoms with Crippen LogP contribution in [0.1, 0.15) is 4.28 Å². The van der Waals surface area contributed by atoms with Crippen LogP contribution < -0.4 is 31.3 Å². The Morgan fingerprint density at radius 2 is 0.524 bits per heavy atom. The molecule has 0 saturated heterocycles. The van der Waals surface area contributed by atoms with Gasteiger partial charge in [0.15, 0.2) is 0 Å². The van der Waals surface area contributed by atoms with E-state index in [1.807, 2.05) is 36.5 Å². The summed E-state index contributed by atoms with van der Waals surface area (Å²) in [5, 5.41) is 6.13. The molecule has 3 aliphatic carbocycles. The Kier molecular flexibility index (Phi) is 6.03. The van der Waals surface area contributed by atoms with Crippen LogP contribution >= 0.6 is 0 Å². The summed E-state index contributed by atoms with van der Waals surface area (Å²) in [6.07, 6.45) is 11.3. The molecule has 0 nitrogen and oxygen atoms in total. The van der Waals surface area contributed by atoms with Crippen molar-refractivity contribution in [3.8, 4) is 0 Å². The normalized spacial score (nSPS) is 12.0. The number of rotatable bonds is 0. The molecule has 93 valence electrons. The van der Waals surface area contributed by atoms with Gasteiger partial charge < -0.3 is 0 Å². The summed E-state index contributed by atoms with van der Waals surface area (Å²) in [6, 6.07) is 0. The van der Waals surface area contributed by atoms with E-state index >= 15 is 0 Å². The van der Waals surface area contributed by atoms with Crippen LogP contribution in [0, 0.1) is 0 Å². The maximum atomic E-state index is 3.27. The predicted molar refractivity (Wildman–Crippen MR) is 95.7 cm³/mol. The molecule has 0 aromatic heterocycles. The molecule has 1 aromatic rings. The summed E-state index contributed by atoms with van der Waals surface area (Å²) < 4.78 is 0. The molecule has 0 bridgehead atoms. The summed E-state index contributed by atoms with van der Waals surface area (Å²) in [7, 11) is 0. The fraction of sp³-hybridized carbons (Fsp3) is 0. The van der Waals surface area contributed by atoms with Crippen molar-refractivity contribution in [2.75, 3.05) is 0 Å². The summed E-state index contributed by atoms with van der Waals surface area (Å²) in [6.45, 7) is 0. The van der Waals surface area contributed by atoms with Crippen molar-refractivity contribution in [3.05, 3.63) is 67.8 Å². The zero-order chi connectivity index (χ0) is 11.9. The van der Waals surface area contributed by atoms with Gasteiger partial charge in [-0.25, -0.2) is 0 Å². The zero-order valence-corrected chi connectivity index (χ0v) is 14.7. The lowest BCUT2D eigenvalue weighted by Crippen LogP contribution is -2.64. The van der Waals surface area contributed by atoms with Gasteiger partial charge in [-0.15, -0.1) is 34.4 Å². The molecular formula is C18H12Al3. The fourth-order valence-electron chi connectivity index (χ4n) is 2.37. The van der Waals surface area contributed by atoms with E-state index < -0.39 is 0 Å². The molecule has 4 rings (SSSR count). The molecule has 3 heteroatoms. The minimum Gasteiger partial charge on any atom is -0.110 e. The van der Waals surface area contributed by atoms with Crippen LogP contribution in [-0.2, 0) is 0 Å². The summed E-state index contributed by atoms with van der Waals surface area (Å²) in [4.78, 5) is 0. The Bertz CT molecular complexity index is 927. The van der Waals surface area contributed by atoms with E-state index in [-0.39, 0.29) is 56.4 Å². The van der Waals surface area contributed by atoms with E-state index in [2.05, 4.69) is 34.4 Å². The maximum Gasteiger partial charge on any atom is 0.0491 e. The minimum atomic E-state index is 0. The molecule has 0 spiro atoms. The molecule has 9 radical (unpaired) electrons. The number of allylic oxidation sites excluding steroid dienone is 6. The highest BCUT2D eigenvalue weighted by atomic mass is 27.0. The average molecular weight is 309 g/mol. The van der Waals surface area contributed by atoms with E-state index in [0.717, 1.165) is 31.3 Å². The second-order valence-corrected chi connectivity index (χ2v) is 4.12. The molecule has 0 amide bonds. The van der Waals surface area contributed by atoms with Gasteiger partial charge in [0.25, 0.3) is 0 Å². The van der Waals surface area contributed by atoms with E-state index in [9.17, 15) is 0 Å². The van der Waals surface area contributed by atoms with Crippen molar-refractivity contribution in [2.24, 2.45) is 0 Å². The molecule has 0 N–H and O–H groups in total. The monoisotopic (exact) mass is 309 g/mol. The van der Waals surface area contributed by atoms with Gasteiger partial charge in [0, 0.05) is 87.7 Å². The topological polar surface area (TPSA) is 0 Å². The first-order chi connectivity index (χ1) is 8.95. The van der Waals surface area contributed by atoms with Crippen LogP contribution in [0.2, 0.25) is 0 Å². The lowest BCUT2D eigenvalue weighted by molar-refractivity contribution is 1.31. The minimum absolute atomic E-state index is 0. The van der Waals surface area contributed by atoms with E-state index in [1.165, 1.54) is 0 Å². The van der Waals surface area contributed by atoms with Gasteiger partial charge in [-0.2, -0.15) is 0 Å². The molecule has 0 aliphatic heterocycles. The van der Waals surface area contributed by atoms with Crippen LogP contribution in [0.25, 0.3) is 34.4 Å². The molecule has 0 unspecified atom stereocenters. The van der Waals surface area contributed by atoms with E-state index in [1.54, 1.807) is 0 Å². The first-order valence-electron chi connectivity index (χ1n) is 5.73. The smallest absolute Gasteiger partial charge is 0.0491 e. The highest BCUT2D eigenvalue weighted by Gasteiger charge is 2.00. The number of hydrogen-bond acceptors (Lipinski definition) is 0. The third-order valence-corrected chi connectivity index (χ3v) is 3.12. The Hall–Kier alpha value is -1.28. The lowest BCUT2D eigenvalue weighted by Gasteiger charge is -1.96. The van der Waals surface area contributed by atoms with Crippen LogP contribution in [0.15, 0.2) is 36.5 Å². The second-order valence-electron chi connectivity index (χ2n) is 4.12. The van der Waals surface area contributed by atoms with Crippen LogP contribution in [0.3, 0.4) is 0 Å². The van der Waals surface area contributed by atoms with Gasteiger partial charge in [0.05, 0.1) is 0 Å². The van der Waals surface area contributed by atoms with Crippen molar-refractivity contribution in [3.63, 3.8) is 0 Å². The van der Waals surface area contributed by atoms with Crippen LogP contribution in [0.4, 0.5) is 0 Å². The zero-order valence-electron chi connectivity index (χ0n) is 11.2. The van der Waals surface area contributed by atoms with Gasteiger partial charge in [0.2, 0.25) is 0 Å². The summed E-state index contributed by atoms with van der Waals surface area (Å²) in [5.41, 5.74) is 19.6. The molecular weight excluding hydrogens is 297 g/mol. The largest absolute Gasteiger partial charge is 0.110 e. The Morgan fingerprint density at radius 3 is 0.667 bits per heavy atom. The predicted octanol–water partition coefficient (Wildman–Crippen LogP) is -2.06. The van der Waals surface area contributed by atoms with Crippen molar-refractivity contribution >= 4 is 86.5 Å². The quantitative estimate of drug-likeness (QED) is 0.484. The first kappa shape index (κ1) is 17.8. The highest BCUT2D eigenvalue weighted by Crippen LogP contribution is 1.73. The molecule has 1 aromatic carbocycles. The van der Waals surface area contributed by atoms with Gasteiger partial charge in [-0.1, -0.05) is 0 Å². The Morgan fingerprint density at radius 1 is 0.381 bits per heavy atom. The molecule has 0 saturated carbocycles.